The van der Waals surface area contributed by atoms with Gasteiger partial charge in [-0.15, -0.1) is 0 Å². The van der Waals surface area contributed by atoms with Gasteiger partial charge in [-0.05, 0) is 25.1 Å². The van der Waals surface area contributed by atoms with E-state index in [2.05, 4.69) is 15.9 Å². The third-order valence-corrected chi connectivity index (χ3v) is 3.08. The van der Waals surface area contributed by atoms with Crippen LogP contribution in [-0.4, -0.2) is 34.5 Å². The summed E-state index contributed by atoms with van der Waals surface area (Å²) >= 11 is 3.25. The fourth-order valence-electron chi connectivity index (χ4n) is 1.71. The summed E-state index contributed by atoms with van der Waals surface area (Å²) in [5, 5.41) is 9.01. The molecule has 84 valence electrons. The molecule has 5 heteroatoms. The van der Waals surface area contributed by atoms with Gasteiger partial charge in [-0.2, -0.15) is 0 Å². The van der Waals surface area contributed by atoms with E-state index < -0.39 is 6.04 Å². The number of imide groups is 1. The van der Waals surface area contributed by atoms with Crippen LogP contribution in [0.5, 0.6) is 0 Å². The van der Waals surface area contributed by atoms with Crippen LogP contribution in [-0.2, 0) is 0 Å². The van der Waals surface area contributed by atoms with Crippen molar-refractivity contribution in [3.63, 3.8) is 0 Å². The molecular weight excluding hydrogens is 274 g/mol. The monoisotopic (exact) mass is 283 g/mol. The van der Waals surface area contributed by atoms with E-state index in [0.717, 1.165) is 9.37 Å². The summed E-state index contributed by atoms with van der Waals surface area (Å²) in [6.45, 7) is 1.41. The smallest absolute Gasteiger partial charge is 0.261 e. The first-order valence-electron chi connectivity index (χ1n) is 4.84. The van der Waals surface area contributed by atoms with Gasteiger partial charge in [0.1, 0.15) is 0 Å². The molecule has 2 rings (SSSR count). The van der Waals surface area contributed by atoms with Crippen molar-refractivity contribution < 1.29 is 14.7 Å². The lowest BCUT2D eigenvalue weighted by Crippen LogP contribution is -2.40. The summed E-state index contributed by atoms with van der Waals surface area (Å²) in [7, 11) is 0. The van der Waals surface area contributed by atoms with Gasteiger partial charge in [0.2, 0.25) is 0 Å². The minimum absolute atomic E-state index is 0.230. The lowest BCUT2D eigenvalue weighted by molar-refractivity contribution is 0.0537. The van der Waals surface area contributed by atoms with Crippen LogP contribution in [0, 0.1) is 0 Å². The van der Waals surface area contributed by atoms with Gasteiger partial charge >= 0.3 is 0 Å². The Kier molecular flexibility index (Phi) is 2.82. The third kappa shape index (κ3) is 1.56. The Hall–Kier alpha value is -1.20. The summed E-state index contributed by atoms with van der Waals surface area (Å²) in [5.41, 5.74) is 0.785. The van der Waals surface area contributed by atoms with Crippen LogP contribution >= 0.6 is 15.9 Å². The fourth-order valence-corrected chi connectivity index (χ4v) is 2.07. The second-order valence-electron chi connectivity index (χ2n) is 3.70. The Morgan fingerprint density at radius 3 is 2.56 bits per heavy atom. The van der Waals surface area contributed by atoms with Crippen LogP contribution in [0.1, 0.15) is 27.6 Å². The number of carbonyl (C=O) groups is 2. The number of aliphatic hydroxyl groups excluding tert-OH is 1. The minimum atomic E-state index is -0.494. The first-order valence-corrected chi connectivity index (χ1v) is 5.64. The van der Waals surface area contributed by atoms with Crippen LogP contribution in [0.2, 0.25) is 0 Å². The third-order valence-electron chi connectivity index (χ3n) is 2.59. The minimum Gasteiger partial charge on any atom is -0.394 e. The summed E-state index contributed by atoms with van der Waals surface area (Å²) in [5.74, 6) is -0.683. The van der Waals surface area contributed by atoms with Gasteiger partial charge in [0, 0.05) is 4.47 Å². The molecule has 0 aromatic heterocycles. The lowest BCUT2D eigenvalue weighted by Gasteiger charge is -2.19. The van der Waals surface area contributed by atoms with E-state index in [0.29, 0.717) is 11.1 Å². The van der Waals surface area contributed by atoms with E-state index in [9.17, 15) is 9.59 Å². The summed E-state index contributed by atoms with van der Waals surface area (Å²) < 4.78 is 0.755. The van der Waals surface area contributed by atoms with Crippen molar-refractivity contribution >= 4 is 27.7 Å². The predicted octanol–water partition coefficient (Wildman–Crippen LogP) is 1.43. The topological polar surface area (TPSA) is 57.6 Å². The van der Waals surface area contributed by atoms with Crippen molar-refractivity contribution in [3.05, 3.63) is 33.8 Å². The molecule has 0 aliphatic carbocycles. The molecular formula is C11H10BrNO3. The molecule has 4 nitrogen and oxygen atoms in total. The zero-order valence-electron chi connectivity index (χ0n) is 8.61. The van der Waals surface area contributed by atoms with Gasteiger partial charge in [0.15, 0.2) is 0 Å². The zero-order valence-corrected chi connectivity index (χ0v) is 10.2. The maximum atomic E-state index is 11.9. The maximum absolute atomic E-state index is 11.9. The number of carbonyl (C=O) groups excluding carboxylic acids is 2. The molecule has 0 fully saturated rings. The SMILES string of the molecule is C[C@@H](CO)N1C(=O)c2ccc(Br)cc2C1=O. The molecule has 2 amide bonds. The first-order chi connectivity index (χ1) is 7.56. The van der Waals surface area contributed by atoms with Gasteiger partial charge in [0.25, 0.3) is 11.8 Å². The predicted molar refractivity (Wildman–Crippen MR) is 61.2 cm³/mol. The van der Waals surface area contributed by atoms with Crippen LogP contribution in [0.15, 0.2) is 22.7 Å². The highest BCUT2D eigenvalue weighted by atomic mass is 79.9. The molecule has 0 unspecified atom stereocenters. The molecule has 1 atom stereocenters. The Balaban J connectivity index is 2.48. The lowest BCUT2D eigenvalue weighted by atomic mass is 10.1. The molecule has 1 aromatic carbocycles. The second-order valence-corrected chi connectivity index (χ2v) is 4.62. The highest BCUT2D eigenvalue weighted by molar-refractivity contribution is 9.10. The van der Waals surface area contributed by atoms with Gasteiger partial charge in [-0.1, -0.05) is 15.9 Å². The zero-order chi connectivity index (χ0) is 11.9. The average molecular weight is 284 g/mol. The summed E-state index contributed by atoms with van der Waals surface area (Å²) in [6, 6.07) is 4.46. The fraction of sp³-hybridized carbons (Fsp3) is 0.273. The molecule has 16 heavy (non-hydrogen) atoms. The number of aliphatic hydroxyl groups is 1. The quantitative estimate of drug-likeness (QED) is 0.836. The number of halogens is 1. The van der Waals surface area contributed by atoms with Crippen molar-refractivity contribution in [2.75, 3.05) is 6.61 Å². The first kappa shape index (κ1) is 11.3. The largest absolute Gasteiger partial charge is 0.394 e. The molecule has 0 radical (unpaired) electrons. The Morgan fingerprint density at radius 2 is 1.94 bits per heavy atom. The van der Waals surface area contributed by atoms with Crippen molar-refractivity contribution in [2.45, 2.75) is 13.0 Å². The Labute approximate surface area is 101 Å². The molecule has 0 saturated heterocycles. The van der Waals surface area contributed by atoms with E-state index in [1.807, 2.05) is 0 Å². The van der Waals surface area contributed by atoms with E-state index >= 15 is 0 Å². The van der Waals surface area contributed by atoms with Crippen LogP contribution in [0.3, 0.4) is 0 Å². The van der Waals surface area contributed by atoms with Gasteiger partial charge in [0.05, 0.1) is 23.8 Å². The number of benzene rings is 1. The Morgan fingerprint density at radius 1 is 1.31 bits per heavy atom. The molecule has 0 saturated carbocycles. The van der Waals surface area contributed by atoms with Crippen molar-refractivity contribution in [3.8, 4) is 0 Å². The van der Waals surface area contributed by atoms with Crippen LogP contribution < -0.4 is 0 Å². The number of hydrogen-bond donors (Lipinski definition) is 1. The number of fused-ring (bicyclic) bond motifs is 1. The van der Waals surface area contributed by atoms with Crippen LogP contribution in [0.25, 0.3) is 0 Å². The van der Waals surface area contributed by atoms with E-state index in [1.54, 1.807) is 25.1 Å². The van der Waals surface area contributed by atoms with E-state index in [4.69, 9.17) is 5.11 Å². The van der Waals surface area contributed by atoms with Crippen molar-refractivity contribution in [1.82, 2.24) is 4.90 Å². The highest BCUT2D eigenvalue weighted by Crippen LogP contribution is 2.27. The normalized spacial score (nSPS) is 16.6. The molecule has 0 bridgehead atoms. The standard InChI is InChI=1S/C11H10BrNO3/c1-6(5-14)13-10(15)8-3-2-7(12)4-9(8)11(13)16/h2-4,6,14H,5H2,1H3/t6-/m0/s1. The van der Waals surface area contributed by atoms with Crippen molar-refractivity contribution in [2.24, 2.45) is 0 Å². The molecule has 1 aromatic rings. The molecule has 1 aliphatic heterocycles. The molecule has 1 N–H and O–H groups in total. The molecule has 1 heterocycles. The maximum Gasteiger partial charge on any atom is 0.261 e. The second kappa shape index (κ2) is 3.99. The average Bonchev–Trinajstić information content (AvgIpc) is 2.51. The van der Waals surface area contributed by atoms with E-state index in [-0.39, 0.29) is 18.4 Å². The van der Waals surface area contributed by atoms with E-state index in [1.165, 1.54) is 0 Å². The van der Waals surface area contributed by atoms with Crippen LogP contribution in [0.4, 0.5) is 0 Å². The highest BCUT2D eigenvalue weighted by Gasteiger charge is 2.38. The number of nitrogens with zero attached hydrogens (tertiary/aromatic N) is 1. The summed E-state index contributed by atoms with van der Waals surface area (Å²) in [4.78, 5) is 24.9. The number of amides is 2. The van der Waals surface area contributed by atoms with Gasteiger partial charge in [-0.25, -0.2) is 0 Å². The molecule has 0 spiro atoms. The molecule has 1 aliphatic rings. The summed E-state index contributed by atoms with van der Waals surface area (Å²) in [6.07, 6.45) is 0. The number of hydrogen-bond acceptors (Lipinski definition) is 3. The Bertz CT molecular complexity index is 472. The van der Waals surface area contributed by atoms with Gasteiger partial charge in [-0.3, -0.25) is 14.5 Å². The van der Waals surface area contributed by atoms with Gasteiger partial charge < -0.3 is 5.11 Å². The number of rotatable bonds is 2. The van der Waals surface area contributed by atoms with Crippen molar-refractivity contribution in [1.29, 1.82) is 0 Å².